The van der Waals surface area contributed by atoms with E-state index in [1.165, 1.54) is 12.0 Å². The number of hydrogen-bond donors (Lipinski definition) is 2. The third kappa shape index (κ3) is 7.35. The molecule has 1 unspecified atom stereocenters. The van der Waals surface area contributed by atoms with Crippen molar-refractivity contribution in [2.45, 2.75) is 77.9 Å². The van der Waals surface area contributed by atoms with Gasteiger partial charge in [0.1, 0.15) is 11.6 Å². The molecule has 4 aromatic rings. The lowest BCUT2D eigenvalue weighted by Crippen LogP contribution is -2.35. The second-order valence-electron chi connectivity index (χ2n) is 12.2. The number of piperidine rings is 1. The van der Waals surface area contributed by atoms with Crippen LogP contribution in [-0.2, 0) is 27.2 Å². The fraction of sp³-hybridized carbons (Fsp3) is 0.412. The molecule has 8 heteroatoms. The van der Waals surface area contributed by atoms with Crippen LogP contribution in [0.15, 0.2) is 61.1 Å². The molecule has 1 fully saturated rings. The van der Waals surface area contributed by atoms with Crippen molar-refractivity contribution in [2.24, 2.45) is 0 Å². The Morgan fingerprint density at radius 3 is 2.55 bits per heavy atom. The van der Waals surface area contributed by atoms with E-state index < -0.39 is 11.6 Å². The summed E-state index contributed by atoms with van der Waals surface area (Å²) in [6, 6.07) is 13.7. The van der Waals surface area contributed by atoms with Crippen molar-refractivity contribution in [1.29, 1.82) is 0 Å². The smallest absolute Gasteiger partial charge is 0.306 e. The number of amides is 1. The molecule has 1 aliphatic rings. The second-order valence-corrected chi connectivity index (χ2v) is 12.2. The van der Waals surface area contributed by atoms with E-state index in [-0.39, 0.29) is 18.3 Å². The molecule has 2 N–H and O–H groups in total. The van der Waals surface area contributed by atoms with E-state index in [0.717, 1.165) is 59.2 Å². The molecule has 0 aliphatic carbocycles. The second kappa shape index (κ2) is 12.8. The van der Waals surface area contributed by atoms with Crippen LogP contribution in [0.5, 0.6) is 0 Å². The number of esters is 1. The number of carbonyl (C=O) groups excluding carboxylic acids is 2. The van der Waals surface area contributed by atoms with Crippen LogP contribution in [-0.4, -0.2) is 45.5 Å². The van der Waals surface area contributed by atoms with Crippen molar-refractivity contribution in [1.82, 2.24) is 20.3 Å². The van der Waals surface area contributed by atoms with Gasteiger partial charge in [-0.2, -0.15) is 0 Å². The molecule has 1 saturated heterocycles. The quantitative estimate of drug-likeness (QED) is 0.242. The molecule has 2 aromatic carbocycles. The minimum atomic E-state index is -0.506. The van der Waals surface area contributed by atoms with Crippen molar-refractivity contribution in [2.75, 3.05) is 18.0 Å². The zero-order valence-electron chi connectivity index (χ0n) is 25.1. The number of rotatable bonds is 9. The Kier molecular flexibility index (Phi) is 8.90. The fourth-order valence-corrected chi connectivity index (χ4v) is 5.62. The Hall–Kier alpha value is -4.20. The SMILES string of the molecule is Cc1ccc(C(NC(=O)Cc2ccc3[nH]cc(CCC(=O)OC(C)(C)C)c3c2)c2ncccn2)c(N2CCCCC2)c1. The summed E-state index contributed by atoms with van der Waals surface area (Å²) in [5.41, 5.74) is 5.71. The number of benzene rings is 2. The molecular formula is C34H41N5O3. The highest BCUT2D eigenvalue weighted by Gasteiger charge is 2.25. The van der Waals surface area contributed by atoms with E-state index in [1.54, 1.807) is 18.5 Å². The highest BCUT2D eigenvalue weighted by atomic mass is 16.6. The molecule has 3 heterocycles. The van der Waals surface area contributed by atoms with Gasteiger partial charge in [0.15, 0.2) is 5.82 Å². The number of anilines is 1. The summed E-state index contributed by atoms with van der Waals surface area (Å²) < 4.78 is 5.47. The lowest BCUT2D eigenvalue weighted by molar-refractivity contribution is -0.154. The average molecular weight is 568 g/mol. The summed E-state index contributed by atoms with van der Waals surface area (Å²) >= 11 is 0. The molecule has 0 radical (unpaired) electrons. The van der Waals surface area contributed by atoms with Gasteiger partial charge in [-0.05, 0) is 94.3 Å². The molecule has 220 valence electrons. The van der Waals surface area contributed by atoms with E-state index in [2.05, 4.69) is 50.3 Å². The molecule has 1 atom stereocenters. The summed E-state index contributed by atoms with van der Waals surface area (Å²) in [5, 5.41) is 4.27. The van der Waals surface area contributed by atoms with Crippen LogP contribution >= 0.6 is 0 Å². The number of ether oxygens (including phenoxy) is 1. The summed E-state index contributed by atoms with van der Waals surface area (Å²) in [6.45, 7) is 9.71. The molecule has 0 saturated carbocycles. The van der Waals surface area contributed by atoms with E-state index >= 15 is 0 Å². The highest BCUT2D eigenvalue weighted by Crippen LogP contribution is 2.32. The first-order valence-corrected chi connectivity index (χ1v) is 14.9. The molecular weight excluding hydrogens is 526 g/mol. The predicted octanol–water partition coefficient (Wildman–Crippen LogP) is 5.98. The molecule has 0 bridgehead atoms. The molecule has 2 aromatic heterocycles. The van der Waals surface area contributed by atoms with Gasteiger partial charge in [-0.3, -0.25) is 9.59 Å². The maximum absolute atomic E-state index is 13.6. The maximum atomic E-state index is 13.6. The maximum Gasteiger partial charge on any atom is 0.306 e. The average Bonchev–Trinajstić information content (AvgIpc) is 3.37. The summed E-state index contributed by atoms with van der Waals surface area (Å²) in [6.07, 6.45) is 10.00. The van der Waals surface area contributed by atoms with Gasteiger partial charge >= 0.3 is 5.97 Å². The zero-order chi connectivity index (χ0) is 29.7. The van der Waals surface area contributed by atoms with Crippen molar-refractivity contribution in [3.8, 4) is 0 Å². The monoisotopic (exact) mass is 567 g/mol. The minimum absolute atomic E-state index is 0.109. The number of H-pyrrole nitrogens is 1. The number of fused-ring (bicyclic) bond motifs is 1. The molecule has 1 aliphatic heterocycles. The van der Waals surface area contributed by atoms with Gasteiger partial charge in [0.05, 0.1) is 6.42 Å². The van der Waals surface area contributed by atoms with Crippen molar-refractivity contribution < 1.29 is 14.3 Å². The van der Waals surface area contributed by atoms with Crippen LogP contribution in [0.2, 0.25) is 0 Å². The van der Waals surface area contributed by atoms with Gasteiger partial charge < -0.3 is 19.9 Å². The van der Waals surface area contributed by atoms with Crippen LogP contribution in [0, 0.1) is 6.92 Å². The lowest BCUT2D eigenvalue weighted by atomic mass is 9.98. The highest BCUT2D eigenvalue weighted by molar-refractivity contribution is 5.87. The third-order valence-electron chi connectivity index (χ3n) is 7.56. The van der Waals surface area contributed by atoms with E-state index in [0.29, 0.717) is 18.7 Å². The first-order valence-electron chi connectivity index (χ1n) is 14.9. The van der Waals surface area contributed by atoms with Gasteiger partial charge in [-0.25, -0.2) is 9.97 Å². The Morgan fingerprint density at radius 1 is 1.05 bits per heavy atom. The summed E-state index contributed by atoms with van der Waals surface area (Å²) in [5.74, 6) is 0.239. The Labute approximate surface area is 247 Å². The standard InChI is InChI=1S/C34H41N5O3/c1-23-9-12-26(29(19-23)39-17-6-5-7-18-39)32(33-35-15-8-16-36-33)38-30(40)21-24-10-13-28-27(20-24)25(22-37-28)11-14-31(41)42-34(2,3)4/h8-10,12-13,15-16,19-20,22,32,37H,5-7,11,14,17-18,21H2,1-4H3,(H,38,40). The van der Waals surface area contributed by atoms with Gasteiger partial charge in [-0.1, -0.05) is 18.2 Å². The van der Waals surface area contributed by atoms with Crippen molar-refractivity contribution in [3.05, 3.63) is 89.1 Å². The van der Waals surface area contributed by atoms with Gasteiger partial charge in [-0.15, -0.1) is 0 Å². The molecule has 8 nitrogen and oxygen atoms in total. The Morgan fingerprint density at radius 2 is 1.81 bits per heavy atom. The topological polar surface area (TPSA) is 100 Å². The first kappa shape index (κ1) is 29.3. The van der Waals surface area contributed by atoms with E-state index in [4.69, 9.17) is 4.74 Å². The molecule has 1 amide bonds. The van der Waals surface area contributed by atoms with Crippen LogP contribution in [0.4, 0.5) is 5.69 Å². The summed E-state index contributed by atoms with van der Waals surface area (Å²) in [7, 11) is 0. The zero-order valence-corrected chi connectivity index (χ0v) is 25.1. The fourth-order valence-electron chi connectivity index (χ4n) is 5.62. The molecule has 5 rings (SSSR count). The first-order chi connectivity index (χ1) is 20.2. The number of carbonyl (C=O) groups is 2. The van der Waals surface area contributed by atoms with Crippen LogP contribution in [0.3, 0.4) is 0 Å². The lowest BCUT2D eigenvalue weighted by Gasteiger charge is -2.33. The van der Waals surface area contributed by atoms with Crippen molar-refractivity contribution >= 4 is 28.5 Å². The number of hydrogen-bond acceptors (Lipinski definition) is 6. The van der Waals surface area contributed by atoms with Gasteiger partial charge in [0, 0.05) is 60.3 Å². The van der Waals surface area contributed by atoms with E-state index in [1.807, 2.05) is 45.2 Å². The number of aromatic nitrogens is 3. The number of nitrogens with zero attached hydrogens (tertiary/aromatic N) is 3. The Balaban J connectivity index is 1.36. The molecule has 0 spiro atoms. The van der Waals surface area contributed by atoms with Gasteiger partial charge in [0.25, 0.3) is 0 Å². The third-order valence-corrected chi connectivity index (χ3v) is 7.56. The van der Waals surface area contributed by atoms with Gasteiger partial charge in [0.2, 0.25) is 5.91 Å². The van der Waals surface area contributed by atoms with Crippen LogP contribution in [0.25, 0.3) is 10.9 Å². The minimum Gasteiger partial charge on any atom is -0.460 e. The largest absolute Gasteiger partial charge is 0.460 e. The summed E-state index contributed by atoms with van der Waals surface area (Å²) in [4.78, 5) is 40.7. The molecule has 42 heavy (non-hydrogen) atoms. The van der Waals surface area contributed by atoms with E-state index in [9.17, 15) is 9.59 Å². The number of nitrogens with one attached hydrogen (secondary N) is 2. The van der Waals surface area contributed by atoms with Crippen LogP contribution in [0.1, 0.15) is 80.6 Å². The van der Waals surface area contributed by atoms with Crippen molar-refractivity contribution in [3.63, 3.8) is 0 Å². The predicted molar refractivity (Wildman–Crippen MR) is 165 cm³/mol. The Bertz CT molecular complexity index is 1530. The number of aryl methyl sites for hydroxylation is 2. The number of aromatic amines is 1. The normalized spacial score (nSPS) is 14.5. The van der Waals surface area contributed by atoms with Crippen LogP contribution < -0.4 is 10.2 Å².